The van der Waals surface area contributed by atoms with Gasteiger partial charge < -0.3 is 5.32 Å². The molecule has 1 N–H and O–H groups in total. The number of aryl methyl sites for hydroxylation is 1. The summed E-state index contributed by atoms with van der Waals surface area (Å²) in [6.45, 7) is 3.37. The van der Waals surface area contributed by atoms with E-state index in [0.29, 0.717) is 6.04 Å². The van der Waals surface area contributed by atoms with Gasteiger partial charge in [0, 0.05) is 44.2 Å². The predicted molar refractivity (Wildman–Crippen MR) is 80.6 cm³/mol. The van der Waals surface area contributed by atoms with Crippen LogP contribution in [0.1, 0.15) is 25.0 Å². The largest absolute Gasteiger partial charge is 0.307 e. The minimum Gasteiger partial charge on any atom is -0.307 e. The van der Waals surface area contributed by atoms with Gasteiger partial charge in [-0.05, 0) is 25.3 Å². The highest BCUT2D eigenvalue weighted by molar-refractivity contribution is 5.81. The second kappa shape index (κ2) is 4.86. The summed E-state index contributed by atoms with van der Waals surface area (Å²) in [7, 11) is 2.02. The van der Waals surface area contributed by atoms with E-state index in [0.717, 1.165) is 12.6 Å². The van der Waals surface area contributed by atoms with E-state index in [4.69, 9.17) is 0 Å². The fourth-order valence-corrected chi connectivity index (χ4v) is 3.39. The topological polar surface area (TPSA) is 33.1 Å². The van der Waals surface area contributed by atoms with Crippen molar-refractivity contribution in [2.24, 2.45) is 7.05 Å². The standard InChI is InChI=1S/C16H22N4/c1-19-16-5-3-2-4-14(16)15(18-19)10-17-12-8-9-20(11-12)13-6-7-13/h2-5,12-13,17H,6-11H2,1H3. The van der Waals surface area contributed by atoms with E-state index >= 15 is 0 Å². The molecular weight excluding hydrogens is 248 g/mol. The van der Waals surface area contributed by atoms with Gasteiger partial charge in [0.2, 0.25) is 0 Å². The number of benzene rings is 1. The van der Waals surface area contributed by atoms with Crippen LogP contribution in [-0.2, 0) is 13.6 Å². The van der Waals surface area contributed by atoms with E-state index in [9.17, 15) is 0 Å². The highest BCUT2D eigenvalue weighted by Gasteiger charge is 2.34. The Labute approximate surface area is 119 Å². The molecule has 1 aromatic carbocycles. The van der Waals surface area contributed by atoms with Gasteiger partial charge in [-0.3, -0.25) is 9.58 Å². The van der Waals surface area contributed by atoms with Crippen molar-refractivity contribution in [3.63, 3.8) is 0 Å². The Bertz CT molecular complexity index is 614. The molecule has 2 aromatic rings. The van der Waals surface area contributed by atoms with Crippen LogP contribution in [0.2, 0.25) is 0 Å². The summed E-state index contributed by atoms with van der Waals surface area (Å²) in [6.07, 6.45) is 4.11. The molecule has 0 spiro atoms. The molecule has 1 aliphatic carbocycles. The molecule has 4 rings (SSSR count). The van der Waals surface area contributed by atoms with Gasteiger partial charge in [0.15, 0.2) is 0 Å². The molecule has 2 fully saturated rings. The van der Waals surface area contributed by atoms with Crippen molar-refractivity contribution in [1.29, 1.82) is 0 Å². The normalized spacial score (nSPS) is 23.8. The number of hydrogen-bond donors (Lipinski definition) is 1. The summed E-state index contributed by atoms with van der Waals surface area (Å²) in [5.41, 5.74) is 2.39. The van der Waals surface area contributed by atoms with E-state index in [1.54, 1.807) is 0 Å². The Morgan fingerprint density at radius 3 is 2.95 bits per heavy atom. The minimum atomic E-state index is 0.636. The van der Waals surface area contributed by atoms with Crippen LogP contribution >= 0.6 is 0 Å². The highest BCUT2D eigenvalue weighted by Crippen LogP contribution is 2.29. The summed E-state index contributed by atoms with van der Waals surface area (Å²) in [5.74, 6) is 0. The van der Waals surface area contributed by atoms with Gasteiger partial charge in [0.1, 0.15) is 0 Å². The molecule has 1 saturated heterocycles. The smallest absolute Gasteiger partial charge is 0.0841 e. The van der Waals surface area contributed by atoms with Crippen molar-refractivity contribution in [2.45, 2.75) is 37.9 Å². The van der Waals surface area contributed by atoms with Crippen LogP contribution in [0.5, 0.6) is 0 Å². The molecular formula is C16H22N4. The molecule has 2 heterocycles. The Kier molecular flexibility index (Phi) is 3.00. The minimum absolute atomic E-state index is 0.636. The van der Waals surface area contributed by atoms with Crippen LogP contribution in [0.25, 0.3) is 10.9 Å². The fourth-order valence-electron chi connectivity index (χ4n) is 3.39. The van der Waals surface area contributed by atoms with Crippen LogP contribution in [0.15, 0.2) is 24.3 Å². The Morgan fingerprint density at radius 1 is 1.25 bits per heavy atom. The molecule has 1 aliphatic heterocycles. The quantitative estimate of drug-likeness (QED) is 0.921. The summed E-state index contributed by atoms with van der Waals surface area (Å²) in [6, 6.07) is 10.0. The zero-order chi connectivity index (χ0) is 13.5. The average Bonchev–Trinajstić information content (AvgIpc) is 3.13. The number of likely N-dealkylation sites (tertiary alicyclic amines) is 1. The van der Waals surface area contributed by atoms with Crippen LogP contribution in [0.4, 0.5) is 0 Å². The van der Waals surface area contributed by atoms with Crippen LogP contribution in [0, 0.1) is 0 Å². The molecule has 106 valence electrons. The van der Waals surface area contributed by atoms with E-state index in [-0.39, 0.29) is 0 Å². The summed E-state index contributed by atoms with van der Waals surface area (Å²) in [5, 5.41) is 9.63. The molecule has 4 heteroatoms. The SMILES string of the molecule is Cn1nc(CNC2CCN(C3CC3)C2)c2ccccc21. The van der Waals surface area contributed by atoms with Crippen molar-refractivity contribution < 1.29 is 0 Å². The number of aromatic nitrogens is 2. The Hall–Kier alpha value is -1.39. The van der Waals surface area contributed by atoms with E-state index < -0.39 is 0 Å². The zero-order valence-corrected chi connectivity index (χ0v) is 12.0. The molecule has 2 aliphatic rings. The van der Waals surface area contributed by atoms with Gasteiger partial charge in [-0.2, -0.15) is 5.10 Å². The highest BCUT2D eigenvalue weighted by atomic mass is 15.3. The lowest BCUT2D eigenvalue weighted by Crippen LogP contribution is -2.33. The monoisotopic (exact) mass is 270 g/mol. The third-order valence-corrected chi connectivity index (χ3v) is 4.68. The van der Waals surface area contributed by atoms with Crippen molar-refractivity contribution >= 4 is 10.9 Å². The average molecular weight is 270 g/mol. The predicted octanol–water partition coefficient (Wildman–Crippen LogP) is 1.90. The first-order valence-corrected chi connectivity index (χ1v) is 7.69. The molecule has 0 bridgehead atoms. The fraction of sp³-hybridized carbons (Fsp3) is 0.562. The maximum absolute atomic E-state index is 4.66. The van der Waals surface area contributed by atoms with E-state index in [2.05, 4.69) is 39.6 Å². The lowest BCUT2D eigenvalue weighted by molar-refractivity contribution is 0.317. The number of nitrogens with zero attached hydrogens (tertiary/aromatic N) is 3. The first kappa shape index (κ1) is 12.4. The number of para-hydroxylation sites is 1. The van der Waals surface area contributed by atoms with Crippen molar-refractivity contribution in [3.8, 4) is 0 Å². The first-order chi connectivity index (χ1) is 9.81. The summed E-state index contributed by atoms with van der Waals surface area (Å²) < 4.78 is 1.98. The summed E-state index contributed by atoms with van der Waals surface area (Å²) in [4.78, 5) is 2.65. The molecule has 0 radical (unpaired) electrons. The third-order valence-electron chi connectivity index (χ3n) is 4.68. The molecule has 1 saturated carbocycles. The molecule has 1 atom stereocenters. The number of hydrogen-bond acceptors (Lipinski definition) is 3. The van der Waals surface area contributed by atoms with Gasteiger partial charge in [0.25, 0.3) is 0 Å². The lowest BCUT2D eigenvalue weighted by Gasteiger charge is -2.15. The van der Waals surface area contributed by atoms with Gasteiger partial charge in [0.05, 0.1) is 11.2 Å². The zero-order valence-electron chi connectivity index (χ0n) is 12.0. The number of nitrogens with one attached hydrogen (secondary N) is 1. The van der Waals surface area contributed by atoms with Crippen molar-refractivity contribution in [2.75, 3.05) is 13.1 Å². The van der Waals surface area contributed by atoms with Crippen LogP contribution < -0.4 is 5.32 Å². The van der Waals surface area contributed by atoms with E-state index in [1.807, 2.05) is 11.7 Å². The van der Waals surface area contributed by atoms with Gasteiger partial charge in [-0.25, -0.2) is 0 Å². The van der Waals surface area contributed by atoms with Crippen molar-refractivity contribution in [3.05, 3.63) is 30.0 Å². The third kappa shape index (κ3) is 2.23. The Balaban J connectivity index is 1.43. The van der Waals surface area contributed by atoms with Gasteiger partial charge in [-0.15, -0.1) is 0 Å². The first-order valence-electron chi connectivity index (χ1n) is 7.69. The van der Waals surface area contributed by atoms with Gasteiger partial charge >= 0.3 is 0 Å². The second-order valence-electron chi connectivity index (χ2n) is 6.18. The summed E-state index contributed by atoms with van der Waals surface area (Å²) >= 11 is 0. The number of rotatable bonds is 4. The Morgan fingerprint density at radius 2 is 2.10 bits per heavy atom. The number of fused-ring (bicyclic) bond motifs is 1. The molecule has 0 amide bonds. The maximum Gasteiger partial charge on any atom is 0.0841 e. The van der Waals surface area contributed by atoms with Crippen molar-refractivity contribution in [1.82, 2.24) is 20.0 Å². The van der Waals surface area contributed by atoms with Crippen LogP contribution in [0.3, 0.4) is 0 Å². The molecule has 1 aromatic heterocycles. The van der Waals surface area contributed by atoms with Gasteiger partial charge in [-0.1, -0.05) is 18.2 Å². The maximum atomic E-state index is 4.66. The van der Waals surface area contributed by atoms with E-state index in [1.165, 1.54) is 48.9 Å². The van der Waals surface area contributed by atoms with Crippen LogP contribution in [-0.4, -0.2) is 39.9 Å². The lowest BCUT2D eigenvalue weighted by atomic mass is 10.2. The second-order valence-corrected chi connectivity index (χ2v) is 6.18. The molecule has 1 unspecified atom stereocenters. The molecule has 4 nitrogen and oxygen atoms in total. The molecule has 20 heavy (non-hydrogen) atoms.